The largest absolute Gasteiger partial charge is 0.493 e. The van der Waals surface area contributed by atoms with Gasteiger partial charge < -0.3 is 14.8 Å². The molecule has 0 aliphatic rings. The van der Waals surface area contributed by atoms with E-state index in [1.165, 1.54) is 6.21 Å². The minimum Gasteiger partial charge on any atom is -0.493 e. The van der Waals surface area contributed by atoms with Gasteiger partial charge in [0.25, 0.3) is 0 Å². The van der Waals surface area contributed by atoms with Crippen LogP contribution in [0.25, 0.3) is 0 Å². The fourth-order valence-electron chi connectivity index (χ4n) is 3.07. The summed E-state index contributed by atoms with van der Waals surface area (Å²) in [5.74, 6) is 0.272. The minimum absolute atomic E-state index is 0.336. The number of anilines is 1. The van der Waals surface area contributed by atoms with Gasteiger partial charge in [-0.1, -0.05) is 36.4 Å². The molecule has 3 aromatic carbocycles. The Labute approximate surface area is 212 Å². The topological polar surface area (TPSA) is 89.0 Å². The molecule has 0 aromatic heterocycles. The molecule has 3 rings (SSSR count). The van der Waals surface area contributed by atoms with Crippen LogP contribution in [0.2, 0.25) is 0 Å². The van der Waals surface area contributed by atoms with Crippen molar-refractivity contribution in [3.63, 3.8) is 0 Å². The van der Waals surface area contributed by atoms with Gasteiger partial charge in [0.05, 0.1) is 16.9 Å². The Kier molecular flexibility index (Phi) is 9.03. The molecule has 176 valence electrons. The normalized spacial score (nSPS) is 10.7. The van der Waals surface area contributed by atoms with Gasteiger partial charge in [-0.2, -0.15) is 5.10 Å². The summed E-state index contributed by atoms with van der Waals surface area (Å²) in [6.45, 7) is 4.37. The van der Waals surface area contributed by atoms with Crippen molar-refractivity contribution in [2.24, 2.45) is 5.10 Å². The van der Waals surface area contributed by atoms with Gasteiger partial charge in [-0.15, -0.1) is 0 Å². The first-order valence-electron chi connectivity index (χ1n) is 10.6. The molecule has 0 aliphatic heterocycles. The van der Waals surface area contributed by atoms with Crippen LogP contribution in [0.5, 0.6) is 11.5 Å². The van der Waals surface area contributed by atoms with E-state index < -0.39 is 11.8 Å². The Balaban J connectivity index is 1.55. The summed E-state index contributed by atoms with van der Waals surface area (Å²) in [5.41, 5.74) is 7.00. The highest BCUT2D eigenvalue weighted by atomic mass is 127. The van der Waals surface area contributed by atoms with Crippen molar-refractivity contribution in [1.82, 2.24) is 5.43 Å². The molecule has 8 heteroatoms. The van der Waals surface area contributed by atoms with Crippen LogP contribution in [0.4, 0.5) is 5.69 Å². The van der Waals surface area contributed by atoms with Crippen molar-refractivity contribution in [3.05, 3.63) is 86.5 Å². The third kappa shape index (κ3) is 7.31. The van der Waals surface area contributed by atoms with Crippen LogP contribution >= 0.6 is 22.6 Å². The summed E-state index contributed by atoms with van der Waals surface area (Å²) in [4.78, 5) is 24.2. The number of methoxy groups -OCH3 is 1. The maximum atomic E-state index is 12.1. The summed E-state index contributed by atoms with van der Waals surface area (Å²) in [6.07, 6.45) is 1.15. The molecule has 2 N–H and O–H groups in total. The van der Waals surface area contributed by atoms with E-state index in [-0.39, 0.29) is 6.42 Å². The summed E-state index contributed by atoms with van der Waals surface area (Å²) >= 11 is 2.17. The maximum Gasteiger partial charge on any atom is 0.249 e. The number of hydrogen-bond acceptors (Lipinski definition) is 5. The lowest BCUT2D eigenvalue weighted by Crippen LogP contribution is -2.24. The number of nitrogens with one attached hydrogen (secondary N) is 2. The summed E-state index contributed by atoms with van der Waals surface area (Å²) < 4.78 is 12.3. The van der Waals surface area contributed by atoms with E-state index in [0.29, 0.717) is 29.4 Å². The van der Waals surface area contributed by atoms with Crippen molar-refractivity contribution >= 4 is 46.3 Å². The second-order valence-electron chi connectivity index (χ2n) is 7.63. The second-order valence-corrected chi connectivity index (χ2v) is 8.79. The summed E-state index contributed by atoms with van der Waals surface area (Å²) in [6, 6.07) is 19.1. The van der Waals surface area contributed by atoms with Crippen molar-refractivity contribution in [2.45, 2.75) is 26.9 Å². The molecule has 3 aromatic rings. The molecule has 0 bridgehead atoms. The number of hydrogen-bond donors (Lipinski definition) is 2. The Morgan fingerprint density at radius 2 is 1.76 bits per heavy atom. The monoisotopic (exact) mass is 571 g/mol. The van der Waals surface area contributed by atoms with Crippen molar-refractivity contribution in [2.75, 3.05) is 12.4 Å². The van der Waals surface area contributed by atoms with E-state index >= 15 is 0 Å². The first kappa shape index (κ1) is 25.2. The third-order valence-electron chi connectivity index (χ3n) is 4.99. The van der Waals surface area contributed by atoms with E-state index in [4.69, 9.17) is 9.47 Å². The van der Waals surface area contributed by atoms with Gasteiger partial charge in [0, 0.05) is 5.69 Å². The lowest BCUT2D eigenvalue weighted by molar-refractivity contribution is -0.126. The van der Waals surface area contributed by atoms with Gasteiger partial charge in [0.1, 0.15) is 13.0 Å². The molecule has 7 nitrogen and oxygen atoms in total. The van der Waals surface area contributed by atoms with E-state index in [9.17, 15) is 9.59 Å². The molecule has 0 atom stereocenters. The first-order chi connectivity index (χ1) is 16.4. The molecule has 0 fully saturated rings. The number of ether oxygens (including phenoxy) is 2. The average Bonchev–Trinajstić information content (AvgIpc) is 2.81. The summed E-state index contributed by atoms with van der Waals surface area (Å²) in [5, 5.41) is 6.68. The maximum absolute atomic E-state index is 12.1. The van der Waals surface area contributed by atoms with Crippen LogP contribution in [0, 0.1) is 17.4 Å². The smallest absolute Gasteiger partial charge is 0.249 e. The highest BCUT2D eigenvalue weighted by Crippen LogP contribution is 2.34. The van der Waals surface area contributed by atoms with Gasteiger partial charge in [-0.25, -0.2) is 5.43 Å². The molecule has 34 heavy (non-hydrogen) atoms. The predicted molar refractivity (Wildman–Crippen MR) is 141 cm³/mol. The lowest BCUT2D eigenvalue weighted by atomic mass is 10.1. The van der Waals surface area contributed by atoms with E-state index in [2.05, 4.69) is 38.4 Å². The highest BCUT2D eigenvalue weighted by Gasteiger charge is 2.12. The number of benzene rings is 3. The SMILES string of the molecule is COc1cc(C=NNC(=O)CC(=O)Nc2ccc(C)c(C)c2)cc(I)c1OCc1ccccc1. The average molecular weight is 571 g/mol. The highest BCUT2D eigenvalue weighted by molar-refractivity contribution is 14.1. The van der Waals surface area contributed by atoms with Crippen molar-refractivity contribution in [1.29, 1.82) is 0 Å². The molecule has 0 aliphatic carbocycles. The molecule has 0 unspecified atom stereocenters. The molecule has 0 radical (unpaired) electrons. The molecule has 0 heterocycles. The second kappa shape index (κ2) is 12.2. The van der Waals surface area contributed by atoms with Crippen LogP contribution in [0.1, 0.15) is 28.7 Å². The molecule has 0 saturated heterocycles. The quantitative estimate of drug-likeness (QED) is 0.164. The van der Waals surface area contributed by atoms with Crippen LogP contribution in [0.3, 0.4) is 0 Å². The molecule has 2 amide bonds. The van der Waals surface area contributed by atoms with Gasteiger partial charge in [0.2, 0.25) is 11.8 Å². The zero-order valence-electron chi connectivity index (χ0n) is 19.2. The Morgan fingerprint density at radius 3 is 2.47 bits per heavy atom. The number of carbonyl (C=O) groups is 2. The number of rotatable bonds is 9. The number of hydrazone groups is 1. The predicted octanol–water partition coefficient (Wildman–Crippen LogP) is 4.97. The first-order valence-corrected chi connectivity index (χ1v) is 11.7. The Hall–Kier alpha value is -3.40. The van der Waals surface area contributed by atoms with Gasteiger partial charge >= 0.3 is 0 Å². The standard InChI is InChI=1S/C26H26IN3O4/c1-17-9-10-21(11-18(17)2)29-24(31)14-25(32)30-28-15-20-12-22(27)26(23(13-20)33-3)34-16-19-7-5-4-6-8-19/h4-13,15H,14,16H2,1-3H3,(H,29,31)(H,30,32). The number of nitrogens with zero attached hydrogens (tertiary/aromatic N) is 1. The number of carbonyl (C=O) groups excluding carboxylic acids is 2. The van der Waals surface area contributed by atoms with Crippen LogP contribution in [-0.2, 0) is 16.2 Å². The molecular formula is C26H26IN3O4. The fraction of sp³-hybridized carbons (Fsp3) is 0.192. The van der Waals surface area contributed by atoms with Gasteiger partial charge in [0.15, 0.2) is 11.5 Å². The van der Waals surface area contributed by atoms with Crippen molar-refractivity contribution < 1.29 is 19.1 Å². The Bertz CT molecular complexity index is 1200. The zero-order chi connectivity index (χ0) is 24.5. The minimum atomic E-state index is -0.512. The van der Waals surface area contributed by atoms with Crippen LogP contribution < -0.4 is 20.2 Å². The van der Waals surface area contributed by atoms with E-state index in [1.807, 2.05) is 62.4 Å². The fourth-order valence-corrected chi connectivity index (χ4v) is 3.85. The number of aryl methyl sites for hydroxylation is 2. The number of halogens is 1. The van der Waals surface area contributed by atoms with Crippen LogP contribution in [0.15, 0.2) is 65.8 Å². The number of amides is 2. The molecule has 0 saturated carbocycles. The lowest BCUT2D eigenvalue weighted by Gasteiger charge is -2.13. The van der Waals surface area contributed by atoms with Gasteiger partial charge in [-0.3, -0.25) is 9.59 Å². The third-order valence-corrected chi connectivity index (χ3v) is 5.79. The van der Waals surface area contributed by atoms with E-state index in [1.54, 1.807) is 19.2 Å². The van der Waals surface area contributed by atoms with Crippen LogP contribution in [-0.4, -0.2) is 25.1 Å². The van der Waals surface area contributed by atoms with E-state index in [0.717, 1.165) is 20.3 Å². The molecule has 0 spiro atoms. The van der Waals surface area contributed by atoms with Crippen molar-refractivity contribution in [3.8, 4) is 11.5 Å². The van der Waals surface area contributed by atoms with Gasteiger partial charge in [-0.05, 0) is 83.0 Å². The zero-order valence-corrected chi connectivity index (χ0v) is 21.4. The summed E-state index contributed by atoms with van der Waals surface area (Å²) in [7, 11) is 1.57. The molecular weight excluding hydrogens is 545 g/mol. The Morgan fingerprint density at radius 1 is 1.00 bits per heavy atom.